The topological polar surface area (TPSA) is 52.7 Å². The van der Waals surface area contributed by atoms with Gasteiger partial charge in [0, 0.05) is 38.8 Å². The molecule has 0 bridgehead atoms. The van der Waals surface area contributed by atoms with E-state index in [1.165, 1.54) is 4.90 Å². The van der Waals surface area contributed by atoms with Crippen LogP contribution >= 0.6 is 0 Å². The van der Waals surface area contributed by atoms with Crippen molar-refractivity contribution in [2.45, 2.75) is 6.92 Å². The van der Waals surface area contributed by atoms with Gasteiger partial charge in [0.2, 0.25) is 5.91 Å². The number of nitrogens with one attached hydrogen (secondary N) is 1. The lowest BCUT2D eigenvalue weighted by Gasteiger charge is -2.29. The normalized spacial score (nSPS) is 15.0. The average molecular weight is 275 g/mol. The van der Waals surface area contributed by atoms with Crippen LogP contribution in [-0.4, -0.2) is 61.4 Å². The molecule has 2 amide bonds. The van der Waals surface area contributed by atoms with Crippen LogP contribution in [0.3, 0.4) is 0 Å². The number of rotatable bonds is 3. The monoisotopic (exact) mass is 275 g/mol. The predicted octanol–water partition coefficient (Wildman–Crippen LogP) is 0.499. The summed E-state index contributed by atoms with van der Waals surface area (Å²) in [6.07, 6.45) is 0. The Balaban J connectivity index is 1.93. The molecule has 0 spiro atoms. The SMILES string of the molecule is Cc1ccc(C(=O)N(C)CC(=O)N2CCNCC2)cc1. The molecule has 0 radical (unpaired) electrons. The zero-order valence-corrected chi connectivity index (χ0v) is 12.1. The number of piperazine rings is 1. The van der Waals surface area contributed by atoms with Crippen LogP contribution in [0.1, 0.15) is 15.9 Å². The molecular formula is C15H21N3O2. The highest BCUT2D eigenvalue weighted by Gasteiger charge is 2.20. The van der Waals surface area contributed by atoms with Crippen LogP contribution in [0.4, 0.5) is 0 Å². The Kier molecular flexibility index (Phi) is 4.74. The van der Waals surface area contributed by atoms with Crippen molar-refractivity contribution in [3.63, 3.8) is 0 Å². The van der Waals surface area contributed by atoms with Crippen molar-refractivity contribution in [3.05, 3.63) is 35.4 Å². The second-order valence-corrected chi connectivity index (χ2v) is 5.16. The minimum Gasteiger partial charge on any atom is -0.339 e. The van der Waals surface area contributed by atoms with Gasteiger partial charge in [-0.3, -0.25) is 9.59 Å². The molecule has 1 aliphatic heterocycles. The Morgan fingerprint density at radius 1 is 1.20 bits per heavy atom. The van der Waals surface area contributed by atoms with Crippen LogP contribution in [0, 0.1) is 6.92 Å². The van der Waals surface area contributed by atoms with E-state index in [4.69, 9.17) is 0 Å². The highest BCUT2D eigenvalue weighted by atomic mass is 16.2. The summed E-state index contributed by atoms with van der Waals surface area (Å²) >= 11 is 0. The summed E-state index contributed by atoms with van der Waals surface area (Å²) in [7, 11) is 1.67. The van der Waals surface area contributed by atoms with E-state index >= 15 is 0 Å². The Bertz CT molecular complexity index is 478. The van der Waals surface area contributed by atoms with E-state index in [0.29, 0.717) is 18.7 Å². The average Bonchev–Trinajstić information content (AvgIpc) is 2.48. The molecule has 0 saturated carbocycles. The van der Waals surface area contributed by atoms with Gasteiger partial charge < -0.3 is 15.1 Å². The van der Waals surface area contributed by atoms with Gasteiger partial charge in [0.05, 0.1) is 6.54 Å². The van der Waals surface area contributed by atoms with Gasteiger partial charge >= 0.3 is 0 Å². The Morgan fingerprint density at radius 2 is 1.80 bits per heavy atom. The van der Waals surface area contributed by atoms with Gasteiger partial charge in [0.25, 0.3) is 5.91 Å². The van der Waals surface area contributed by atoms with Crippen LogP contribution in [0.2, 0.25) is 0 Å². The first-order valence-electron chi connectivity index (χ1n) is 6.88. The fourth-order valence-electron chi connectivity index (χ4n) is 2.21. The zero-order chi connectivity index (χ0) is 14.5. The molecule has 0 aromatic heterocycles. The van der Waals surface area contributed by atoms with Gasteiger partial charge in [0.1, 0.15) is 0 Å². The minimum absolute atomic E-state index is 0.00876. The summed E-state index contributed by atoms with van der Waals surface area (Å²) in [6.45, 7) is 5.18. The molecule has 1 saturated heterocycles. The Morgan fingerprint density at radius 3 is 2.40 bits per heavy atom. The summed E-state index contributed by atoms with van der Waals surface area (Å²) < 4.78 is 0. The number of amides is 2. The van der Waals surface area contributed by atoms with Gasteiger partial charge in [-0.25, -0.2) is 0 Å². The van der Waals surface area contributed by atoms with Crippen molar-refractivity contribution in [2.24, 2.45) is 0 Å². The van der Waals surface area contributed by atoms with E-state index in [1.54, 1.807) is 24.1 Å². The second-order valence-electron chi connectivity index (χ2n) is 5.16. The summed E-state index contributed by atoms with van der Waals surface area (Å²) in [5.41, 5.74) is 1.73. The first-order valence-corrected chi connectivity index (χ1v) is 6.88. The van der Waals surface area contributed by atoms with Crippen molar-refractivity contribution in [1.82, 2.24) is 15.1 Å². The molecule has 0 aliphatic carbocycles. The maximum absolute atomic E-state index is 12.2. The second kappa shape index (κ2) is 6.52. The lowest BCUT2D eigenvalue weighted by atomic mass is 10.1. The van der Waals surface area contributed by atoms with Gasteiger partial charge in [0.15, 0.2) is 0 Å². The van der Waals surface area contributed by atoms with E-state index in [1.807, 2.05) is 19.1 Å². The van der Waals surface area contributed by atoms with E-state index < -0.39 is 0 Å². The van der Waals surface area contributed by atoms with Crippen molar-refractivity contribution in [3.8, 4) is 0 Å². The number of hydrogen-bond donors (Lipinski definition) is 1. The van der Waals surface area contributed by atoms with Crippen LogP contribution in [-0.2, 0) is 4.79 Å². The lowest BCUT2D eigenvalue weighted by Crippen LogP contribution is -2.49. The van der Waals surface area contributed by atoms with Gasteiger partial charge in [-0.05, 0) is 19.1 Å². The fourth-order valence-corrected chi connectivity index (χ4v) is 2.21. The first kappa shape index (κ1) is 14.5. The highest BCUT2D eigenvalue weighted by Crippen LogP contribution is 2.06. The highest BCUT2D eigenvalue weighted by molar-refractivity contribution is 5.96. The third kappa shape index (κ3) is 3.57. The third-order valence-electron chi connectivity index (χ3n) is 3.49. The number of aryl methyl sites for hydroxylation is 1. The third-order valence-corrected chi connectivity index (χ3v) is 3.49. The zero-order valence-electron chi connectivity index (χ0n) is 12.1. The van der Waals surface area contributed by atoms with Crippen molar-refractivity contribution in [1.29, 1.82) is 0 Å². The van der Waals surface area contributed by atoms with Gasteiger partial charge in [-0.2, -0.15) is 0 Å². The molecule has 20 heavy (non-hydrogen) atoms. The standard InChI is InChI=1S/C15H21N3O2/c1-12-3-5-13(6-4-12)15(20)17(2)11-14(19)18-9-7-16-8-10-18/h3-6,16H,7-11H2,1-2H3. The van der Waals surface area contributed by atoms with Gasteiger partial charge in [-0.1, -0.05) is 17.7 Å². The molecule has 1 N–H and O–H groups in total. The van der Waals surface area contributed by atoms with Crippen LogP contribution in [0.5, 0.6) is 0 Å². The molecule has 0 atom stereocenters. The molecule has 5 heteroatoms. The summed E-state index contributed by atoms with van der Waals surface area (Å²) in [6, 6.07) is 7.39. The minimum atomic E-state index is -0.117. The van der Waals surface area contributed by atoms with Crippen molar-refractivity contribution >= 4 is 11.8 Å². The Labute approximate surface area is 119 Å². The van der Waals surface area contributed by atoms with E-state index in [0.717, 1.165) is 18.7 Å². The van der Waals surface area contributed by atoms with Crippen LogP contribution in [0.25, 0.3) is 0 Å². The van der Waals surface area contributed by atoms with Crippen LogP contribution in [0.15, 0.2) is 24.3 Å². The maximum atomic E-state index is 12.2. The molecular weight excluding hydrogens is 254 g/mol. The first-order chi connectivity index (χ1) is 9.58. The van der Waals surface area contributed by atoms with Crippen LogP contribution < -0.4 is 5.32 Å². The number of nitrogens with zero attached hydrogens (tertiary/aromatic N) is 2. The molecule has 2 rings (SSSR count). The van der Waals surface area contributed by atoms with Crippen molar-refractivity contribution in [2.75, 3.05) is 39.8 Å². The predicted molar refractivity (Wildman–Crippen MR) is 77.6 cm³/mol. The summed E-state index contributed by atoms with van der Waals surface area (Å²) in [4.78, 5) is 27.6. The maximum Gasteiger partial charge on any atom is 0.254 e. The largest absolute Gasteiger partial charge is 0.339 e. The number of carbonyl (C=O) groups is 2. The molecule has 0 unspecified atom stereocenters. The molecule has 5 nitrogen and oxygen atoms in total. The molecule has 1 heterocycles. The Hall–Kier alpha value is -1.88. The number of carbonyl (C=O) groups excluding carboxylic acids is 2. The van der Waals surface area contributed by atoms with Gasteiger partial charge in [-0.15, -0.1) is 0 Å². The quantitative estimate of drug-likeness (QED) is 0.874. The van der Waals surface area contributed by atoms with Crippen molar-refractivity contribution < 1.29 is 9.59 Å². The lowest BCUT2D eigenvalue weighted by molar-refractivity contribution is -0.132. The fraction of sp³-hybridized carbons (Fsp3) is 0.467. The molecule has 1 aromatic carbocycles. The van der Waals surface area contributed by atoms with E-state index in [2.05, 4.69) is 5.32 Å². The number of benzene rings is 1. The molecule has 108 valence electrons. The molecule has 1 aliphatic rings. The summed E-state index contributed by atoms with van der Waals surface area (Å²) in [5.74, 6) is -0.108. The number of hydrogen-bond acceptors (Lipinski definition) is 3. The smallest absolute Gasteiger partial charge is 0.254 e. The number of likely N-dealkylation sites (N-methyl/N-ethyl adjacent to an activating group) is 1. The molecule has 1 fully saturated rings. The van der Waals surface area contributed by atoms with E-state index in [9.17, 15) is 9.59 Å². The van der Waals surface area contributed by atoms with E-state index in [-0.39, 0.29) is 18.4 Å². The molecule has 1 aromatic rings. The summed E-state index contributed by atoms with van der Waals surface area (Å²) in [5, 5.41) is 3.20.